The van der Waals surface area contributed by atoms with Crippen LogP contribution in [0, 0.1) is 23.7 Å². The van der Waals surface area contributed by atoms with E-state index in [4.69, 9.17) is 9.29 Å². The minimum atomic E-state index is -5.82. The molecule has 3 fully saturated rings. The molecule has 3 aromatic carbocycles. The van der Waals surface area contributed by atoms with Gasteiger partial charge in [-0.15, -0.1) is 0 Å². The van der Waals surface area contributed by atoms with Crippen LogP contribution in [0.15, 0.2) is 54.6 Å². The van der Waals surface area contributed by atoms with Crippen molar-refractivity contribution in [3.05, 3.63) is 60.2 Å². The number of benzene rings is 3. The molecule has 2 bridgehead atoms. The molecule has 6 unspecified atom stereocenters. The van der Waals surface area contributed by atoms with Gasteiger partial charge in [0, 0.05) is 12.0 Å². The van der Waals surface area contributed by atoms with E-state index in [0.717, 1.165) is 10.8 Å². The van der Waals surface area contributed by atoms with Crippen LogP contribution in [0.1, 0.15) is 30.6 Å². The summed E-state index contributed by atoms with van der Waals surface area (Å²) in [6.45, 7) is 1.70. The molecule has 3 aromatic rings. The second kappa shape index (κ2) is 9.45. The second-order valence-electron chi connectivity index (χ2n) is 11.2. The van der Waals surface area contributed by atoms with Gasteiger partial charge in [0.15, 0.2) is 6.61 Å². The molecule has 2 saturated carbocycles. The van der Waals surface area contributed by atoms with Crippen LogP contribution in [0.5, 0.6) is 0 Å². The topological polar surface area (TPSA) is 127 Å². The van der Waals surface area contributed by atoms with E-state index in [2.05, 4.69) is 4.74 Å². The number of fused-ring (bicyclic) bond motifs is 3. The average Bonchev–Trinajstić information content (AvgIpc) is 3.52. The summed E-state index contributed by atoms with van der Waals surface area (Å²) in [5.41, 5.74) is 0.338. The van der Waals surface area contributed by atoms with E-state index in [1.807, 2.05) is 42.5 Å². The number of carbonyl (C=O) groups is 3. The number of hydrogen-bond acceptors (Lipinski definition) is 7. The highest BCUT2D eigenvalue weighted by molar-refractivity contribution is 7.86. The van der Waals surface area contributed by atoms with Gasteiger partial charge in [-0.2, -0.15) is 17.2 Å². The molecule has 6 atom stereocenters. The van der Waals surface area contributed by atoms with E-state index in [0.29, 0.717) is 22.8 Å². The molecule has 3 aliphatic rings. The third kappa shape index (κ3) is 4.18. The van der Waals surface area contributed by atoms with Crippen molar-refractivity contribution in [3.8, 4) is 0 Å². The summed E-state index contributed by atoms with van der Waals surface area (Å²) in [4.78, 5) is 42.2. The van der Waals surface area contributed by atoms with Gasteiger partial charge >= 0.3 is 27.3 Å². The third-order valence-electron chi connectivity index (χ3n) is 8.72. The molecule has 2 aliphatic carbocycles. The Balaban J connectivity index is 1.36. The van der Waals surface area contributed by atoms with E-state index in [1.54, 1.807) is 30.9 Å². The molecule has 1 amide bonds. The maximum absolute atomic E-state index is 13.9. The standard InChI is InChI=1S/C29H27F2NO8S/c1-14(2)32-24-19-12-20(23(22(19)26(32)33)27(34)39-13-29(30,31)41(36,37)38)25(24)40-28(35)21-17-9-5-3-7-15(17)11-16-8-4-6-10-18(16)21/h3-11,14,19-20,22-25H,12-13H2,1-2H3,(H,36,37,38). The molecule has 0 radical (unpaired) electrons. The van der Waals surface area contributed by atoms with Gasteiger partial charge in [-0.1, -0.05) is 48.5 Å². The first-order chi connectivity index (χ1) is 19.3. The number of esters is 2. The van der Waals surface area contributed by atoms with Crippen LogP contribution in [0.4, 0.5) is 8.78 Å². The Bertz CT molecular complexity index is 1650. The Kier molecular flexibility index (Phi) is 6.34. The number of amides is 1. The van der Waals surface area contributed by atoms with Crippen LogP contribution >= 0.6 is 0 Å². The zero-order valence-electron chi connectivity index (χ0n) is 22.1. The SMILES string of the molecule is CC(C)N1C(=O)C2C3CC(C(OC(=O)c4c5ccccc5cc5ccccc45)C31)C2C(=O)OCC(F)(F)S(=O)(=O)O. The molecule has 12 heteroatoms. The number of likely N-dealkylation sites (tertiary alicyclic amines) is 1. The number of hydrogen-bond donors (Lipinski definition) is 1. The van der Waals surface area contributed by atoms with E-state index in [-0.39, 0.29) is 17.9 Å². The van der Waals surface area contributed by atoms with Gasteiger partial charge in [-0.25, -0.2) is 4.79 Å². The Hall–Kier alpha value is -3.64. The van der Waals surface area contributed by atoms with Crippen molar-refractivity contribution in [3.63, 3.8) is 0 Å². The fraction of sp³-hybridized carbons (Fsp3) is 0.414. The number of ether oxygens (including phenoxy) is 2. The van der Waals surface area contributed by atoms with E-state index in [9.17, 15) is 31.6 Å². The van der Waals surface area contributed by atoms with Crippen LogP contribution in [0.3, 0.4) is 0 Å². The van der Waals surface area contributed by atoms with Gasteiger partial charge in [-0.3, -0.25) is 14.1 Å². The summed E-state index contributed by atoms with van der Waals surface area (Å²) in [5, 5.41) is -1.72. The van der Waals surface area contributed by atoms with E-state index < -0.39 is 63.8 Å². The zero-order valence-corrected chi connectivity index (χ0v) is 22.9. The Morgan fingerprint density at radius 3 is 2.20 bits per heavy atom. The minimum Gasteiger partial charge on any atom is -0.458 e. The largest absolute Gasteiger partial charge is 0.458 e. The molecule has 6 rings (SSSR count). The lowest BCUT2D eigenvalue weighted by Crippen LogP contribution is -2.48. The van der Waals surface area contributed by atoms with Crippen molar-refractivity contribution in [1.82, 2.24) is 4.90 Å². The molecule has 41 heavy (non-hydrogen) atoms. The fourth-order valence-electron chi connectivity index (χ4n) is 7.17. The molecule has 1 saturated heterocycles. The third-order valence-corrected chi connectivity index (χ3v) is 9.59. The Morgan fingerprint density at radius 2 is 1.63 bits per heavy atom. The molecule has 1 N–H and O–H groups in total. The highest BCUT2D eigenvalue weighted by Gasteiger charge is 2.71. The number of halogens is 2. The lowest BCUT2D eigenvalue weighted by molar-refractivity contribution is -0.161. The first kappa shape index (κ1) is 27.5. The van der Waals surface area contributed by atoms with Crippen molar-refractivity contribution in [2.24, 2.45) is 23.7 Å². The Labute approximate surface area is 234 Å². The van der Waals surface area contributed by atoms with E-state index >= 15 is 0 Å². The lowest BCUT2D eigenvalue weighted by Gasteiger charge is -2.35. The second-order valence-corrected chi connectivity index (χ2v) is 12.8. The van der Waals surface area contributed by atoms with Gasteiger partial charge in [0.25, 0.3) is 0 Å². The van der Waals surface area contributed by atoms with Crippen LogP contribution in [-0.2, 0) is 29.2 Å². The van der Waals surface area contributed by atoms with Crippen molar-refractivity contribution in [2.75, 3.05) is 6.61 Å². The number of nitrogens with zero attached hydrogens (tertiary/aromatic N) is 1. The quantitative estimate of drug-likeness (QED) is 0.249. The molecule has 9 nitrogen and oxygen atoms in total. The highest BCUT2D eigenvalue weighted by atomic mass is 32.2. The average molecular weight is 588 g/mol. The van der Waals surface area contributed by atoms with Crippen LogP contribution in [0.25, 0.3) is 21.5 Å². The summed E-state index contributed by atoms with van der Waals surface area (Å²) in [7, 11) is -5.82. The maximum Gasteiger partial charge on any atom is 0.402 e. The maximum atomic E-state index is 13.9. The molecule has 216 valence electrons. The molecular weight excluding hydrogens is 560 g/mol. The van der Waals surface area contributed by atoms with Gasteiger partial charge in [0.2, 0.25) is 5.91 Å². The van der Waals surface area contributed by atoms with Crippen LogP contribution < -0.4 is 0 Å². The molecule has 1 heterocycles. The number of carbonyl (C=O) groups excluding carboxylic acids is 3. The van der Waals surface area contributed by atoms with Gasteiger partial charge in [0.1, 0.15) is 6.10 Å². The Morgan fingerprint density at radius 1 is 1.05 bits per heavy atom. The predicted molar refractivity (Wildman–Crippen MR) is 142 cm³/mol. The normalized spacial score (nSPS) is 27.3. The molecule has 1 aliphatic heterocycles. The van der Waals surface area contributed by atoms with Gasteiger partial charge < -0.3 is 14.4 Å². The predicted octanol–water partition coefficient (Wildman–Crippen LogP) is 4.04. The smallest absolute Gasteiger partial charge is 0.402 e. The highest BCUT2D eigenvalue weighted by Crippen LogP contribution is 2.60. The monoisotopic (exact) mass is 587 g/mol. The summed E-state index contributed by atoms with van der Waals surface area (Å²) in [5.74, 6) is -5.37. The van der Waals surface area contributed by atoms with Crippen molar-refractivity contribution >= 4 is 49.5 Å². The minimum absolute atomic E-state index is 0.294. The van der Waals surface area contributed by atoms with Gasteiger partial charge in [0.05, 0.1) is 23.4 Å². The zero-order chi connectivity index (χ0) is 29.4. The van der Waals surface area contributed by atoms with Crippen molar-refractivity contribution in [2.45, 2.75) is 43.7 Å². The van der Waals surface area contributed by atoms with Crippen molar-refractivity contribution < 1.29 is 45.6 Å². The lowest BCUT2D eigenvalue weighted by atomic mass is 9.78. The first-order valence-corrected chi connectivity index (χ1v) is 14.7. The van der Waals surface area contributed by atoms with Crippen LogP contribution in [-0.4, -0.2) is 65.8 Å². The number of rotatable bonds is 7. The summed E-state index contributed by atoms with van der Waals surface area (Å²) >= 11 is 0. The summed E-state index contributed by atoms with van der Waals surface area (Å²) < 4.78 is 69.3. The van der Waals surface area contributed by atoms with Crippen LogP contribution in [0.2, 0.25) is 0 Å². The molecule has 0 aromatic heterocycles. The first-order valence-electron chi connectivity index (χ1n) is 13.3. The number of alkyl halides is 2. The summed E-state index contributed by atoms with van der Waals surface area (Å²) in [6, 6.07) is 15.9. The van der Waals surface area contributed by atoms with E-state index in [1.165, 1.54) is 0 Å². The van der Waals surface area contributed by atoms with Crippen molar-refractivity contribution in [1.29, 1.82) is 0 Å². The summed E-state index contributed by atoms with van der Waals surface area (Å²) in [6.07, 6.45) is -0.595. The fourth-order valence-corrected chi connectivity index (χ4v) is 7.37. The molecular formula is C29H27F2NO8S. The molecule has 0 spiro atoms. The van der Waals surface area contributed by atoms with Gasteiger partial charge in [-0.05, 0) is 53.8 Å².